The molecule has 3 heteroatoms. The topological polar surface area (TPSA) is 35.5 Å². The second kappa shape index (κ2) is 3.54. The molecule has 1 aliphatic rings. The predicted molar refractivity (Wildman–Crippen MR) is 44.8 cm³/mol. The van der Waals surface area contributed by atoms with E-state index in [4.69, 9.17) is 9.47 Å². The van der Waals surface area contributed by atoms with Gasteiger partial charge in [-0.1, -0.05) is 0 Å². The minimum Gasteiger partial charge on any atom is -0.347 e. The first-order valence-corrected chi connectivity index (χ1v) is 4.28. The SMILES string of the molecule is CC(C)(C)OC1CCC(=O)CO1. The van der Waals surface area contributed by atoms with E-state index in [1.54, 1.807) is 0 Å². The third-order valence-electron chi connectivity index (χ3n) is 1.57. The molecule has 0 aromatic rings. The minimum absolute atomic E-state index is 0.170. The molecule has 1 heterocycles. The third-order valence-corrected chi connectivity index (χ3v) is 1.57. The van der Waals surface area contributed by atoms with Crippen molar-refractivity contribution >= 4 is 5.78 Å². The smallest absolute Gasteiger partial charge is 0.159 e. The number of carbonyl (C=O) groups is 1. The van der Waals surface area contributed by atoms with Crippen LogP contribution in [0.1, 0.15) is 33.6 Å². The lowest BCUT2D eigenvalue weighted by Crippen LogP contribution is -2.34. The molecular formula is C9H16O3. The van der Waals surface area contributed by atoms with E-state index in [0.717, 1.165) is 0 Å². The standard InChI is InChI=1S/C9H16O3/c1-9(2,3)12-8-5-4-7(10)6-11-8/h8H,4-6H2,1-3H3. The summed E-state index contributed by atoms with van der Waals surface area (Å²) in [4.78, 5) is 10.8. The van der Waals surface area contributed by atoms with E-state index in [0.29, 0.717) is 12.8 Å². The first kappa shape index (κ1) is 9.68. The highest BCUT2D eigenvalue weighted by molar-refractivity contribution is 5.80. The van der Waals surface area contributed by atoms with Crippen molar-refractivity contribution in [3.05, 3.63) is 0 Å². The van der Waals surface area contributed by atoms with Gasteiger partial charge in [-0.3, -0.25) is 4.79 Å². The van der Waals surface area contributed by atoms with E-state index in [9.17, 15) is 4.79 Å². The molecule has 3 nitrogen and oxygen atoms in total. The zero-order valence-electron chi connectivity index (χ0n) is 7.92. The molecular weight excluding hydrogens is 156 g/mol. The fraction of sp³-hybridized carbons (Fsp3) is 0.889. The van der Waals surface area contributed by atoms with Crippen LogP contribution in [0.25, 0.3) is 0 Å². The lowest BCUT2D eigenvalue weighted by molar-refractivity contribution is -0.208. The van der Waals surface area contributed by atoms with Gasteiger partial charge in [-0.25, -0.2) is 0 Å². The van der Waals surface area contributed by atoms with Crippen molar-refractivity contribution in [2.24, 2.45) is 0 Å². The molecule has 0 radical (unpaired) electrons. The largest absolute Gasteiger partial charge is 0.347 e. The molecule has 0 bridgehead atoms. The van der Waals surface area contributed by atoms with E-state index in [1.807, 2.05) is 20.8 Å². The monoisotopic (exact) mass is 172 g/mol. The van der Waals surface area contributed by atoms with Crippen molar-refractivity contribution in [2.75, 3.05) is 6.61 Å². The molecule has 1 rings (SSSR count). The zero-order chi connectivity index (χ0) is 9.19. The van der Waals surface area contributed by atoms with Crippen LogP contribution in [0.2, 0.25) is 0 Å². The summed E-state index contributed by atoms with van der Waals surface area (Å²) in [5.41, 5.74) is -0.189. The molecule has 0 aromatic heterocycles. The van der Waals surface area contributed by atoms with Gasteiger partial charge in [0.15, 0.2) is 12.1 Å². The molecule has 0 N–H and O–H groups in total. The third kappa shape index (κ3) is 3.32. The van der Waals surface area contributed by atoms with Crippen LogP contribution in [0.5, 0.6) is 0 Å². The van der Waals surface area contributed by atoms with Gasteiger partial charge in [0.25, 0.3) is 0 Å². The molecule has 1 unspecified atom stereocenters. The molecule has 1 fully saturated rings. The summed E-state index contributed by atoms with van der Waals surface area (Å²) in [5, 5.41) is 0. The Hall–Kier alpha value is -0.410. The van der Waals surface area contributed by atoms with E-state index >= 15 is 0 Å². The molecule has 0 aliphatic carbocycles. The van der Waals surface area contributed by atoms with Gasteiger partial charge in [0.2, 0.25) is 0 Å². The molecule has 12 heavy (non-hydrogen) atoms. The lowest BCUT2D eigenvalue weighted by Gasteiger charge is -2.29. The zero-order valence-corrected chi connectivity index (χ0v) is 7.92. The van der Waals surface area contributed by atoms with Gasteiger partial charge < -0.3 is 9.47 Å². The van der Waals surface area contributed by atoms with Gasteiger partial charge in [-0.15, -0.1) is 0 Å². The van der Waals surface area contributed by atoms with Crippen LogP contribution < -0.4 is 0 Å². The summed E-state index contributed by atoms with van der Waals surface area (Å²) in [6.45, 7) is 6.15. The van der Waals surface area contributed by atoms with Crippen LogP contribution in [-0.4, -0.2) is 24.3 Å². The summed E-state index contributed by atoms with van der Waals surface area (Å²) in [6.07, 6.45) is 1.08. The van der Waals surface area contributed by atoms with Crippen molar-refractivity contribution in [1.29, 1.82) is 0 Å². The number of hydrogen-bond acceptors (Lipinski definition) is 3. The Morgan fingerprint density at radius 1 is 1.50 bits per heavy atom. The highest BCUT2D eigenvalue weighted by atomic mass is 16.7. The summed E-state index contributed by atoms with van der Waals surface area (Å²) in [7, 11) is 0. The van der Waals surface area contributed by atoms with Crippen LogP contribution in [0.4, 0.5) is 0 Å². The fourth-order valence-corrected chi connectivity index (χ4v) is 1.11. The lowest BCUT2D eigenvalue weighted by atomic mass is 10.1. The maximum Gasteiger partial charge on any atom is 0.159 e. The van der Waals surface area contributed by atoms with E-state index in [2.05, 4.69) is 0 Å². The Balaban J connectivity index is 2.31. The van der Waals surface area contributed by atoms with Gasteiger partial charge in [-0.2, -0.15) is 0 Å². The van der Waals surface area contributed by atoms with Crippen LogP contribution in [-0.2, 0) is 14.3 Å². The Kier molecular flexibility index (Phi) is 2.85. The maximum atomic E-state index is 10.8. The normalized spacial score (nSPS) is 25.9. The van der Waals surface area contributed by atoms with Crippen molar-refractivity contribution in [3.8, 4) is 0 Å². The van der Waals surface area contributed by atoms with Gasteiger partial charge in [0, 0.05) is 12.8 Å². The second-order valence-electron chi connectivity index (χ2n) is 4.05. The van der Waals surface area contributed by atoms with Crippen molar-refractivity contribution in [1.82, 2.24) is 0 Å². The van der Waals surface area contributed by atoms with Crippen molar-refractivity contribution in [2.45, 2.75) is 45.5 Å². The maximum absolute atomic E-state index is 10.8. The van der Waals surface area contributed by atoms with E-state index in [1.165, 1.54) is 0 Å². The van der Waals surface area contributed by atoms with Crippen LogP contribution >= 0.6 is 0 Å². The fourth-order valence-electron chi connectivity index (χ4n) is 1.11. The molecule has 0 amide bonds. The average molecular weight is 172 g/mol. The summed E-state index contributed by atoms with van der Waals surface area (Å²) in [6, 6.07) is 0. The van der Waals surface area contributed by atoms with Crippen molar-refractivity contribution in [3.63, 3.8) is 0 Å². The van der Waals surface area contributed by atoms with Gasteiger partial charge >= 0.3 is 0 Å². The van der Waals surface area contributed by atoms with Gasteiger partial charge in [-0.05, 0) is 20.8 Å². The number of Topliss-reactive ketones (excluding diaryl/α,β-unsaturated/α-hetero) is 1. The first-order chi connectivity index (χ1) is 5.47. The number of hydrogen-bond donors (Lipinski definition) is 0. The first-order valence-electron chi connectivity index (χ1n) is 4.28. The van der Waals surface area contributed by atoms with Gasteiger partial charge in [0.1, 0.15) is 6.61 Å². The number of rotatable bonds is 1. The highest BCUT2D eigenvalue weighted by Crippen LogP contribution is 2.18. The minimum atomic E-state index is -0.192. The number of carbonyl (C=O) groups excluding carboxylic acids is 1. The predicted octanol–water partition coefficient (Wildman–Crippen LogP) is 1.51. The van der Waals surface area contributed by atoms with Crippen molar-refractivity contribution < 1.29 is 14.3 Å². The van der Waals surface area contributed by atoms with Gasteiger partial charge in [0.05, 0.1) is 5.60 Å². The van der Waals surface area contributed by atoms with E-state index in [-0.39, 0.29) is 24.3 Å². The quantitative estimate of drug-likeness (QED) is 0.601. The molecule has 1 saturated heterocycles. The average Bonchev–Trinajstić information content (AvgIpc) is 1.91. The molecule has 1 aliphatic heterocycles. The molecule has 0 aromatic carbocycles. The number of ketones is 1. The van der Waals surface area contributed by atoms with Crippen LogP contribution in [0.3, 0.4) is 0 Å². The molecule has 0 spiro atoms. The summed E-state index contributed by atoms with van der Waals surface area (Å²) in [5.74, 6) is 0.170. The Morgan fingerprint density at radius 2 is 2.17 bits per heavy atom. The number of ether oxygens (including phenoxy) is 2. The van der Waals surface area contributed by atoms with Crippen LogP contribution in [0.15, 0.2) is 0 Å². The molecule has 70 valence electrons. The molecule has 1 atom stereocenters. The Morgan fingerprint density at radius 3 is 2.58 bits per heavy atom. The van der Waals surface area contributed by atoms with E-state index < -0.39 is 0 Å². The summed E-state index contributed by atoms with van der Waals surface area (Å²) < 4.78 is 10.7. The molecule has 0 saturated carbocycles. The highest BCUT2D eigenvalue weighted by Gasteiger charge is 2.24. The summed E-state index contributed by atoms with van der Waals surface area (Å²) >= 11 is 0. The van der Waals surface area contributed by atoms with Crippen LogP contribution in [0, 0.1) is 0 Å². The second-order valence-corrected chi connectivity index (χ2v) is 4.05. The Labute approximate surface area is 73.0 Å². The Bertz CT molecular complexity index is 159.